The molecule has 0 spiro atoms. The second-order valence-electron chi connectivity index (χ2n) is 4.42. The molecule has 18 heavy (non-hydrogen) atoms. The maximum absolute atomic E-state index is 11.9. The van der Waals surface area contributed by atoms with Crippen LogP contribution in [0, 0.1) is 6.92 Å². The number of likely N-dealkylation sites (tertiary alicyclic amines) is 1. The zero-order chi connectivity index (χ0) is 13.1. The minimum absolute atomic E-state index is 0.0136. The Morgan fingerprint density at radius 2 is 2.00 bits per heavy atom. The van der Waals surface area contributed by atoms with E-state index in [1.165, 1.54) is 17.0 Å². The summed E-state index contributed by atoms with van der Waals surface area (Å²) in [6.07, 6.45) is 2.20. The molecule has 0 aliphatic carbocycles. The first kappa shape index (κ1) is 12.5. The molecule has 0 saturated carbocycles. The summed E-state index contributed by atoms with van der Waals surface area (Å²) in [6, 6.07) is 1.40. The molecule has 2 heterocycles. The summed E-state index contributed by atoms with van der Waals surface area (Å²) in [5.74, 6) is 0.0449. The first-order valence-electron chi connectivity index (χ1n) is 5.89. The molecule has 96 valence electrons. The number of aryl methyl sites for hydroxylation is 1. The van der Waals surface area contributed by atoms with Crippen LogP contribution < -0.4 is 5.56 Å². The van der Waals surface area contributed by atoms with Gasteiger partial charge in [-0.1, -0.05) is 0 Å². The number of aromatic nitrogens is 2. The van der Waals surface area contributed by atoms with Gasteiger partial charge in [-0.05, 0) is 6.92 Å². The molecule has 6 nitrogen and oxygen atoms in total. The van der Waals surface area contributed by atoms with E-state index >= 15 is 0 Å². The van der Waals surface area contributed by atoms with E-state index in [1.54, 1.807) is 11.8 Å². The van der Waals surface area contributed by atoms with Crippen molar-refractivity contribution in [1.82, 2.24) is 14.5 Å². The fraction of sp³-hybridized carbons (Fsp3) is 0.500. The van der Waals surface area contributed by atoms with E-state index in [0.717, 1.165) is 0 Å². The van der Waals surface area contributed by atoms with Gasteiger partial charge in [-0.25, -0.2) is 4.98 Å². The highest BCUT2D eigenvalue weighted by Gasteiger charge is 2.20. The Balaban J connectivity index is 2.03. The van der Waals surface area contributed by atoms with Gasteiger partial charge >= 0.3 is 0 Å². The third-order valence-electron chi connectivity index (χ3n) is 3.00. The quantitative estimate of drug-likeness (QED) is 0.724. The average molecular weight is 249 g/mol. The molecule has 1 amide bonds. The molecular weight excluding hydrogens is 234 g/mol. The second kappa shape index (κ2) is 5.12. The average Bonchev–Trinajstić information content (AvgIpc) is 2.33. The molecular formula is C12H15N3O3. The molecule has 0 bridgehead atoms. The smallest absolute Gasteiger partial charge is 0.253 e. The SMILES string of the molecule is Cc1cc(=O)n(CC(=O)N2CCC(=O)CC2)cn1. The van der Waals surface area contributed by atoms with Crippen molar-refractivity contribution in [2.24, 2.45) is 0 Å². The number of carbonyl (C=O) groups is 2. The Bertz CT molecular complexity index is 526. The highest BCUT2D eigenvalue weighted by molar-refractivity contribution is 5.83. The number of carbonyl (C=O) groups excluding carboxylic acids is 2. The van der Waals surface area contributed by atoms with E-state index in [2.05, 4.69) is 4.98 Å². The number of amides is 1. The van der Waals surface area contributed by atoms with Crippen molar-refractivity contribution < 1.29 is 9.59 Å². The number of nitrogens with zero attached hydrogens (tertiary/aromatic N) is 3. The molecule has 0 unspecified atom stereocenters. The predicted molar refractivity (Wildman–Crippen MR) is 64.1 cm³/mol. The van der Waals surface area contributed by atoms with Crippen molar-refractivity contribution in [3.05, 3.63) is 28.4 Å². The van der Waals surface area contributed by atoms with Gasteiger partial charge in [0.2, 0.25) is 5.91 Å². The normalized spacial score (nSPS) is 15.8. The number of hydrogen-bond acceptors (Lipinski definition) is 4. The van der Waals surface area contributed by atoms with Crippen molar-refractivity contribution in [3.8, 4) is 0 Å². The zero-order valence-electron chi connectivity index (χ0n) is 10.3. The molecule has 2 rings (SSSR count). The Morgan fingerprint density at radius 1 is 1.33 bits per heavy atom. The molecule has 1 aliphatic rings. The summed E-state index contributed by atoms with van der Waals surface area (Å²) in [6.45, 7) is 2.61. The van der Waals surface area contributed by atoms with Gasteiger partial charge in [0.15, 0.2) is 0 Å². The van der Waals surface area contributed by atoms with Crippen LogP contribution in [0.2, 0.25) is 0 Å². The highest BCUT2D eigenvalue weighted by Crippen LogP contribution is 2.06. The lowest BCUT2D eigenvalue weighted by atomic mass is 10.1. The van der Waals surface area contributed by atoms with E-state index in [0.29, 0.717) is 31.6 Å². The van der Waals surface area contributed by atoms with Crippen LogP contribution >= 0.6 is 0 Å². The van der Waals surface area contributed by atoms with Crippen LogP contribution in [-0.2, 0) is 16.1 Å². The van der Waals surface area contributed by atoms with Gasteiger partial charge in [-0.15, -0.1) is 0 Å². The number of hydrogen-bond donors (Lipinski definition) is 0. The number of piperidine rings is 1. The monoisotopic (exact) mass is 249 g/mol. The molecule has 1 fully saturated rings. The van der Waals surface area contributed by atoms with E-state index < -0.39 is 0 Å². The van der Waals surface area contributed by atoms with Crippen LogP contribution in [0.3, 0.4) is 0 Å². The Labute approximate surface area is 104 Å². The first-order chi connectivity index (χ1) is 8.56. The fourth-order valence-corrected chi connectivity index (χ4v) is 1.89. The van der Waals surface area contributed by atoms with Crippen LogP contribution in [0.5, 0.6) is 0 Å². The van der Waals surface area contributed by atoms with Gasteiger partial charge < -0.3 is 4.90 Å². The summed E-state index contributed by atoms with van der Waals surface area (Å²) in [5, 5.41) is 0. The predicted octanol–water partition coefficient (Wildman–Crippen LogP) is -0.257. The Morgan fingerprint density at radius 3 is 2.61 bits per heavy atom. The number of ketones is 1. The fourth-order valence-electron chi connectivity index (χ4n) is 1.89. The van der Waals surface area contributed by atoms with Crippen LogP contribution in [0.25, 0.3) is 0 Å². The lowest BCUT2D eigenvalue weighted by molar-refractivity contribution is -0.135. The Kier molecular flexibility index (Phi) is 3.55. The molecule has 1 aromatic rings. The Hall–Kier alpha value is -1.98. The largest absolute Gasteiger partial charge is 0.340 e. The lowest BCUT2D eigenvalue weighted by Gasteiger charge is -2.26. The van der Waals surface area contributed by atoms with Gasteiger partial charge in [-0.2, -0.15) is 0 Å². The maximum atomic E-state index is 11.9. The van der Waals surface area contributed by atoms with Gasteiger partial charge in [0.1, 0.15) is 12.3 Å². The summed E-state index contributed by atoms with van der Waals surface area (Å²) in [7, 11) is 0. The van der Waals surface area contributed by atoms with Crippen molar-refractivity contribution in [1.29, 1.82) is 0 Å². The van der Waals surface area contributed by atoms with Gasteiger partial charge in [0.05, 0.1) is 6.33 Å². The topological polar surface area (TPSA) is 72.3 Å². The summed E-state index contributed by atoms with van der Waals surface area (Å²) < 4.78 is 1.28. The lowest BCUT2D eigenvalue weighted by Crippen LogP contribution is -2.41. The maximum Gasteiger partial charge on any atom is 0.253 e. The summed E-state index contributed by atoms with van der Waals surface area (Å²) in [5.41, 5.74) is 0.399. The second-order valence-corrected chi connectivity index (χ2v) is 4.42. The molecule has 1 saturated heterocycles. The van der Waals surface area contributed by atoms with Crippen LogP contribution in [-0.4, -0.2) is 39.2 Å². The first-order valence-corrected chi connectivity index (χ1v) is 5.89. The van der Waals surface area contributed by atoms with Crippen molar-refractivity contribution in [2.45, 2.75) is 26.3 Å². The summed E-state index contributed by atoms with van der Waals surface area (Å²) in [4.78, 5) is 40.2. The number of Topliss-reactive ketones (excluding diaryl/α,β-unsaturated/α-hetero) is 1. The van der Waals surface area contributed by atoms with Crippen molar-refractivity contribution in [3.63, 3.8) is 0 Å². The summed E-state index contributed by atoms with van der Waals surface area (Å²) >= 11 is 0. The van der Waals surface area contributed by atoms with Gasteiger partial charge in [-0.3, -0.25) is 19.0 Å². The molecule has 1 aromatic heterocycles. The highest BCUT2D eigenvalue weighted by atomic mass is 16.2. The minimum atomic E-state index is -0.232. The van der Waals surface area contributed by atoms with Crippen LogP contribution in [0.15, 0.2) is 17.2 Å². The molecule has 0 atom stereocenters. The third-order valence-corrected chi connectivity index (χ3v) is 3.00. The standard InChI is InChI=1S/C12H15N3O3/c1-9-6-11(17)15(8-13-9)7-12(18)14-4-2-10(16)3-5-14/h6,8H,2-5,7H2,1H3. The molecule has 0 aromatic carbocycles. The van der Waals surface area contributed by atoms with Crippen molar-refractivity contribution in [2.75, 3.05) is 13.1 Å². The van der Waals surface area contributed by atoms with E-state index in [-0.39, 0.29) is 23.8 Å². The number of rotatable bonds is 2. The molecule has 0 N–H and O–H groups in total. The van der Waals surface area contributed by atoms with Gasteiger partial charge in [0.25, 0.3) is 5.56 Å². The van der Waals surface area contributed by atoms with E-state index in [9.17, 15) is 14.4 Å². The molecule has 6 heteroatoms. The third kappa shape index (κ3) is 2.82. The van der Waals surface area contributed by atoms with Crippen LogP contribution in [0.4, 0.5) is 0 Å². The molecule has 1 aliphatic heterocycles. The molecule has 0 radical (unpaired) electrons. The van der Waals surface area contributed by atoms with E-state index in [4.69, 9.17) is 0 Å². The minimum Gasteiger partial charge on any atom is -0.340 e. The zero-order valence-corrected chi connectivity index (χ0v) is 10.3. The van der Waals surface area contributed by atoms with Crippen LogP contribution in [0.1, 0.15) is 18.5 Å². The van der Waals surface area contributed by atoms with Gasteiger partial charge in [0, 0.05) is 37.7 Å². The van der Waals surface area contributed by atoms with Crippen molar-refractivity contribution >= 4 is 11.7 Å². The van der Waals surface area contributed by atoms with E-state index in [1.807, 2.05) is 0 Å².